The fraction of sp³-hybridized carbons (Fsp3) is 0.471. The van der Waals surface area contributed by atoms with Crippen LogP contribution < -0.4 is 5.76 Å². The number of nitrogens with zero attached hydrogens (tertiary/aromatic N) is 1. The smallest absolute Gasteiger partial charge is 0.371 e. The van der Waals surface area contributed by atoms with Crippen LogP contribution >= 0.6 is 11.6 Å². The number of Topliss-reactive ketones (excluding diaryl/α,β-unsaturated/α-hetero) is 1. The van der Waals surface area contributed by atoms with Crippen molar-refractivity contribution < 1.29 is 14.1 Å². The van der Waals surface area contributed by atoms with Crippen LogP contribution in [-0.4, -0.2) is 22.0 Å². The Kier molecular flexibility index (Phi) is 3.81. The number of benzene rings is 1. The van der Waals surface area contributed by atoms with Gasteiger partial charge in [-0.3, -0.25) is 14.3 Å². The van der Waals surface area contributed by atoms with Gasteiger partial charge in [-0.05, 0) is 37.8 Å². The third kappa shape index (κ3) is 3.03. The number of H-pyrrole nitrogens is 1. The second kappa shape index (κ2) is 5.86. The Bertz CT molecular complexity index is 839. The molecular weight excluding hydrogens is 332 g/mol. The Balaban J connectivity index is 1.47. The van der Waals surface area contributed by atoms with Gasteiger partial charge in [-0.2, -0.15) is 0 Å². The zero-order chi connectivity index (χ0) is 16.8. The first-order valence-electron chi connectivity index (χ1n) is 8.08. The summed E-state index contributed by atoms with van der Waals surface area (Å²) in [4.78, 5) is 26.1. The van der Waals surface area contributed by atoms with Gasteiger partial charge in [0.1, 0.15) is 0 Å². The van der Waals surface area contributed by atoms with E-state index >= 15 is 0 Å². The summed E-state index contributed by atoms with van der Waals surface area (Å²) in [6.07, 6.45) is 3.12. The molecule has 1 aromatic carbocycles. The van der Waals surface area contributed by atoms with Crippen LogP contribution in [-0.2, 0) is 4.74 Å². The number of aromatic nitrogens is 2. The number of ether oxygens (including phenoxy) is 1. The fourth-order valence-corrected chi connectivity index (χ4v) is 3.31. The lowest BCUT2D eigenvalue weighted by Gasteiger charge is -2.15. The molecule has 2 aromatic rings. The summed E-state index contributed by atoms with van der Waals surface area (Å²) in [5.74, 6) is -0.423. The minimum atomic E-state index is -0.597. The standard InChI is InChI=1S/C17H17ClN2O4/c1-8(23-10-3-4-10)11-5-2-9(6-14(11)18)15(21)12-7-13(12)16-19-17(22)24-20-16/h2,5-6,8,10,12-13H,3-4,7H2,1H3,(H,19,20,22)/t8?,12-,13-/m0/s1. The number of hydrogen-bond acceptors (Lipinski definition) is 5. The van der Waals surface area contributed by atoms with Crippen LogP contribution in [0.15, 0.2) is 27.5 Å². The van der Waals surface area contributed by atoms with E-state index in [-0.39, 0.29) is 23.7 Å². The van der Waals surface area contributed by atoms with Crippen molar-refractivity contribution >= 4 is 17.4 Å². The van der Waals surface area contributed by atoms with Crippen molar-refractivity contribution in [3.05, 3.63) is 50.7 Å². The molecule has 126 valence electrons. The first-order chi connectivity index (χ1) is 11.5. The highest BCUT2D eigenvalue weighted by Crippen LogP contribution is 2.48. The van der Waals surface area contributed by atoms with Gasteiger partial charge in [0.2, 0.25) is 0 Å². The molecule has 0 radical (unpaired) electrons. The monoisotopic (exact) mass is 348 g/mol. The van der Waals surface area contributed by atoms with Gasteiger partial charge >= 0.3 is 5.76 Å². The van der Waals surface area contributed by atoms with Gasteiger partial charge < -0.3 is 4.74 Å². The number of aromatic amines is 1. The summed E-state index contributed by atoms with van der Waals surface area (Å²) < 4.78 is 10.3. The van der Waals surface area contributed by atoms with Gasteiger partial charge in [-0.1, -0.05) is 28.9 Å². The minimum absolute atomic E-state index is 0.00747. The Labute approximate surface area is 143 Å². The highest BCUT2D eigenvalue weighted by Gasteiger charge is 2.46. The van der Waals surface area contributed by atoms with Crippen molar-refractivity contribution in [2.75, 3.05) is 0 Å². The Morgan fingerprint density at radius 3 is 2.88 bits per heavy atom. The number of hydrogen-bond donors (Lipinski definition) is 1. The topological polar surface area (TPSA) is 85.2 Å². The lowest BCUT2D eigenvalue weighted by molar-refractivity contribution is 0.0519. The molecule has 2 aliphatic rings. The zero-order valence-electron chi connectivity index (χ0n) is 13.1. The van der Waals surface area contributed by atoms with Crippen LogP contribution in [0.5, 0.6) is 0 Å². The van der Waals surface area contributed by atoms with Gasteiger partial charge in [0.05, 0.1) is 12.2 Å². The van der Waals surface area contributed by atoms with Crippen molar-refractivity contribution in [1.29, 1.82) is 0 Å². The molecule has 0 saturated heterocycles. The first-order valence-corrected chi connectivity index (χ1v) is 8.45. The van der Waals surface area contributed by atoms with Crippen LogP contribution in [0, 0.1) is 5.92 Å². The van der Waals surface area contributed by atoms with E-state index in [0.29, 0.717) is 28.9 Å². The number of carbonyl (C=O) groups is 1. The van der Waals surface area contributed by atoms with E-state index in [2.05, 4.69) is 14.7 Å². The number of halogens is 1. The highest BCUT2D eigenvalue weighted by atomic mass is 35.5. The van der Waals surface area contributed by atoms with Gasteiger partial charge in [0.25, 0.3) is 0 Å². The van der Waals surface area contributed by atoms with E-state index in [9.17, 15) is 9.59 Å². The number of rotatable bonds is 6. The second-order valence-corrected chi connectivity index (χ2v) is 6.91. The molecule has 7 heteroatoms. The maximum atomic E-state index is 12.6. The van der Waals surface area contributed by atoms with Crippen LogP contribution in [0.3, 0.4) is 0 Å². The summed E-state index contributed by atoms with van der Waals surface area (Å²) >= 11 is 6.35. The number of carbonyl (C=O) groups excluding carboxylic acids is 1. The third-order valence-corrected chi connectivity index (χ3v) is 4.91. The van der Waals surface area contributed by atoms with Gasteiger partial charge in [0.15, 0.2) is 11.6 Å². The molecule has 1 unspecified atom stereocenters. The molecule has 0 bridgehead atoms. The van der Waals surface area contributed by atoms with Gasteiger partial charge in [0, 0.05) is 22.4 Å². The normalized spacial score (nSPS) is 23.9. The summed E-state index contributed by atoms with van der Waals surface area (Å²) in [5.41, 5.74) is 1.47. The molecule has 1 aromatic heterocycles. The molecule has 1 N–H and O–H groups in total. The van der Waals surface area contributed by atoms with Gasteiger partial charge in [-0.25, -0.2) is 4.79 Å². The summed E-state index contributed by atoms with van der Waals surface area (Å²) in [6, 6.07) is 5.35. The molecule has 0 spiro atoms. The molecule has 6 nitrogen and oxygen atoms in total. The summed E-state index contributed by atoms with van der Waals surface area (Å²) in [7, 11) is 0. The molecule has 2 fully saturated rings. The maximum absolute atomic E-state index is 12.6. The molecule has 3 atom stereocenters. The van der Waals surface area contributed by atoms with Crippen LogP contribution in [0.2, 0.25) is 5.02 Å². The van der Waals surface area contributed by atoms with E-state index in [1.165, 1.54) is 0 Å². The first kappa shape index (κ1) is 15.6. The van der Waals surface area contributed by atoms with Gasteiger partial charge in [-0.15, -0.1) is 0 Å². The molecule has 2 saturated carbocycles. The largest absolute Gasteiger partial charge is 0.438 e. The molecule has 1 heterocycles. The van der Waals surface area contributed by atoms with E-state index in [4.69, 9.17) is 16.3 Å². The minimum Gasteiger partial charge on any atom is -0.371 e. The fourth-order valence-electron chi connectivity index (χ4n) is 2.98. The summed E-state index contributed by atoms with van der Waals surface area (Å²) in [5, 5.41) is 4.20. The average molecular weight is 349 g/mol. The SMILES string of the molecule is CC(OC1CC1)c1ccc(C(=O)[C@H]2C[C@@H]2c2noc(=O)[nH]2)cc1Cl. The van der Waals surface area contributed by atoms with Crippen molar-refractivity contribution in [2.45, 2.75) is 44.3 Å². The van der Waals surface area contributed by atoms with Crippen LogP contribution in [0.1, 0.15) is 60.0 Å². The Hall–Kier alpha value is -1.92. The van der Waals surface area contributed by atoms with Crippen molar-refractivity contribution in [3.8, 4) is 0 Å². The maximum Gasteiger partial charge on any atom is 0.438 e. The Morgan fingerprint density at radius 1 is 1.46 bits per heavy atom. The third-order valence-electron chi connectivity index (χ3n) is 4.58. The molecule has 2 aliphatic carbocycles. The molecule has 0 amide bonds. The van der Waals surface area contributed by atoms with Crippen LogP contribution in [0.25, 0.3) is 0 Å². The second-order valence-electron chi connectivity index (χ2n) is 6.51. The van der Waals surface area contributed by atoms with Crippen molar-refractivity contribution in [2.24, 2.45) is 5.92 Å². The predicted molar refractivity (Wildman–Crippen MR) is 86.3 cm³/mol. The Morgan fingerprint density at radius 2 is 2.25 bits per heavy atom. The average Bonchev–Trinajstić information content (AvgIpc) is 3.47. The van der Waals surface area contributed by atoms with Crippen molar-refractivity contribution in [1.82, 2.24) is 10.1 Å². The molecule has 4 rings (SSSR count). The number of ketones is 1. The van der Waals surface area contributed by atoms with E-state index in [1.54, 1.807) is 12.1 Å². The zero-order valence-corrected chi connectivity index (χ0v) is 13.9. The predicted octanol–water partition coefficient (Wildman–Crippen LogP) is 3.24. The molecular formula is C17H17ClN2O4. The molecule has 24 heavy (non-hydrogen) atoms. The number of nitrogens with one attached hydrogen (secondary N) is 1. The summed E-state index contributed by atoms with van der Waals surface area (Å²) in [6.45, 7) is 1.97. The van der Waals surface area contributed by atoms with Crippen molar-refractivity contribution in [3.63, 3.8) is 0 Å². The quantitative estimate of drug-likeness (QED) is 0.810. The highest BCUT2D eigenvalue weighted by molar-refractivity contribution is 6.31. The van der Waals surface area contributed by atoms with Crippen LogP contribution in [0.4, 0.5) is 0 Å². The van der Waals surface area contributed by atoms with E-state index in [0.717, 1.165) is 18.4 Å². The molecule has 0 aliphatic heterocycles. The van der Waals surface area contributed by atoms with E-state index in [1.807, 2.05) is 13.0 Å². The lowest BCUT2D eigenvalue weighted by Crippen LogP contribution is -2.07. The lowest BCUT2D eigenvalue weighted by atomic mass is 10.0. The van der Waals surface area contributed by atoms with E-state index < -0.39 is 5.76 Å².